The molecule has 0 saturated heterocycles. The lowest BCUT2D eigenvalue weighted by Crippen LogP contribution is -2.24. The van der Waals surface area contributed by atoms with E-state index in [0.717, 1.165) is 19.4 Å². The Kier molecular flexibility index (Phi) is 3.13. The Morgan fingerprint density at radius 1 is 1.47 bits per heavy atom. The van der Waals surface area contributed by atoms with Crippen molar-refractivity contribution in [3.8, 4) is 0 Å². The van der Waals surface area contributed by atoms with Crippen LogP contribution in [0.15, 0.2) is 22.9 Å². The summed E-state index contributed by atoms with van der Waals surface area (Å²) in [5.41, 5.74) is 2.86. The molecule has 2 aromatic heterocycles. The summed E-state index contributed by atoms with van der Waals surface area (Å²) in [5, 5.41) is 12.7. The van der Waals surface area contributed by atoms with Gasteiger partial charge in [-0.05, 0) is 40.6 Å². The molecule has 3 heterocycles. The van der Waals surface area contributed by atoms with Crippen molar-refractivity contribution in [3.63, 3.8) is 0 Å². The predicted molar refractivity (Wildman–Crippen MR) is 81.0 cm³/mol. The van der Waals surface area contributed by atoms with E-state index in [0.29, 0.717) is 6.04 Å². The molecule has 1 unspecified atom stereocenters. The number of hydrogen-bond donors (Lipinski definition) is 1. The Balaban J connectivity index is 1.92. The molecule has 0 aliphatic carbocycles. The molecule has 19 heavy (non-hydrogen) atoms. The van der Waals surface area contributed by atoms with Crippen molar-refractivity contribution < 1.29 is 0 Å². The third-order valence-electron chi connectivity index (χ3n) is 3.44. The molecule has 0 radical (unpaired) electrons. The van der Waals surface area contributed by atoms with Crippen LogP contribution >= 0.6 is 11.3 Å². The summed E-state index contributed by atoms with van der Waals surface area (Å²) in [7, 11) is 0. The normalized spacial score (nSPS) is 19.0. The van der Waals surface area contributed by atoms with Crippen molar-refractivity contribution in [2.75, 3.05) is 11.9 Å². The molecule has 0 amide bonds. The van der Waals surface area contributed by atoms with Gasteiger partial charge in [0.05, 0.1) is 11.7 Å². The molecule has 0 saturated carbocycles. The molecule has 102 valence electrons. The van der Waals surface area contributed by atoms with Gasteiger partial charge in [0.15, 0.2) is 0 Å². The Bertz CT molecular complexity index is 548. The van der Waals surface area contributed by atoms with Crippen molar-refractivity contribution in [2.45, 2.75) is 39.7 Å². The van der Waals surface area contributed by atoms with Crippen LogP contribution in [0.25, 0.3) is 0 Å². The number of rotatable bonds is 2. The number of aromatic nitrogens is 2. The molecule has 1 aliphatic heterocycles. The second-order valence-corrected chi connectivity index (χ2v) is 7.27. The maximum Gasteiger partial charge on any atom is 0.125 e. The smallest absolute Gasteiger partial charge is 0.125 e. The summed E-state index contributed by atoms with van der Waals surface area (Å²) < 4.78 is 2.17. The molecule has 1 N–H and O–H groups in total. The van der Waals surface area contributed by atoms with Crippen molar-refractivity contribution in [2.24, 2.45) is 5.41 Å². The highest BCUT2D eigenvalue weighted by Crippen LogP contribution is 2.32. The van der Waals surface area contributed by atoms with Gasteiger partial charge in [-0.15, -0.1) is 0 Å². The van der Waals surface area contributed by atoms with Crippen LogP contribution in [-0.4, -0.2) is 16.3 Å². The number of hydrogen-bond acceptors (Lipinski definition) is 3. The first kappa shape index (κ1) is 12.7. The fraction of sp³-hybridized carbons (Fsp3) is 0.533. The van der Waals surface area contributed by atoms with Gasteiger partial charge >= 0.3 is 0 Å². The number of nitrogens with one attached hydrogen (secondary N) is 1. The largest absolute Gasteiger partial charge is 0.370 e. The molecule has 1 atom stereocenters. The van der Waals surface area contributed by atoms with Gasteiger partial charge in [0.1, 0.15) is 5.82 Å². The Morgan fingerprint density at radius 2 is 2.32 bits per heavy atom. The molecule has 4 heteroatoms. The lowest BCUT2D eigenvalue weighted by Gasteiger charge is -2.25. The number of thiophene rings is 1. The van der Waals surface area contributed by atoms with E-state index < -0.39 is 0 Å². The highest BCUT2D eigenvalue weighted by Gasteiger charge is 2.24. The molecule has 0 bridgehead atoms. The molecule has 3 nitrogen and oxygen atoms in total. The maximum atomic E-state index is 4.83. The lowest BCUT2D eigenvalue weighted by atomic mass is 9.91. The van der Waals surface area contributed by atoms with E-state index in [-0.39, 0.29) is 5.41 Å². The molecule has 0 spiro atoms. The Hall–Kier alpha value is -1.29. The zero-order valence-electron chi connectivity index (χ0n) is 11.8. The highest BCUT2D eigenvalue weighted by atomic mass is 32.1. The van der Waals surface area contributed by atoms with Gasteiger partial charge in [-0.1, -0.05) is 20.8 Å². The fourth-order valence-electron chi connectivity index (χ4n) is 2.68. The van der Waals surface area contributed by atoms with Gasteiger partial charge in [-0.2, -0.15) is 16.4 Å². The fourth-order valence-corrected chi connectivity index (χ4v) is 3.38. The van der Waals surface area contributed by atoms with Crippen LogP contribution in [0.4, 0.5) is 5.82 Å². The van der Waals surface area contributed by atoms with Gasteiger partial charge < -0.3 is 5.32 Å². The highest BCUT2D eigenvalue weighted by molar-refractivity contribution is 7.07. The molecule has 1 aliphatic rings. The summed E-state index contributed by atoms with van der Waals surface area (Å²) in [5.74, 6) is 1.17. The third kappa shape index (κ3) is 2.68. The zero-order chi connectivity index (χ0) is 13.5. The second-order valence-electron chi connectivity index (χ2n) is 6.49. The van der Waals surface area contributed by atoms with Crippen molar-refractivity contribution in [1.82, 2.24) is 9.78 Å². The average Bonchev–Trinajstić information content (AvgIpc) is 2.93. The summed E-state index contributed by atoms with van der Waals surface area (Å²) in [6.45, 7) is 7.81. The predicted octanol–water partition coefficient (Wildman–Crippen LogP) is 3.94. The average molecular weight is 275 g/mol. The van der Waals surface area contributed by atoms with Gasteiger partial charge in [0.2, 0.25) is 0 Å². The van der Waals surface area contributed by atoms with Crippen molar-refractivity contribution in [1.29, 1.82) is 0 Å². The van der Waals surface area contributed by atoms with Crippen LogP contribution in [0.2, 0.25) is 0 Å². The van der Waals surface area contributed by atoms with Crippen LogP contribution in [-0.2, 0) is 6.42 Å². The summed E-state index contributed by atoms with van der Waals surface area (Å²) in [4.78, 5) is 0. The first-order valence-corrected chi connectivity index (χ1v) is 7.82. The summed E-state index contributed by atoms with van der Waals surface area (Å²) in [6.07, 6.45) is 2.13. The molecule has 0 fully saturated rings. The quantitative estimate of drug-likeness (QED) is 0.899. The minimum atomic E-state index is 0.280. The molecule has 3 rings (SSSR count). The lowest BCUT2D eigenvalue weighted by molar-refractivity contribution is 0.399. The van der Waals surface area contributed by atoms with E-state index in [4.69, 9.17) is 5.10 Å². The van der Waals surface area contributed by atoms with E-state index >= 15 is 0 Å². The van der Waals surface area contributed by atoms with E-state index in [9.17, 15) is 0 Å². The van der Waals surface area contributed by atoms with Crippen molar-refractivity contribution >= 4 is 17.2 Å². The number of anilines is 1. The van der Waals surface area contributed by atoms with Crippen LogP contribution in [0.1, 0.15) is 44.5 Å². The summed E-state index contributed by atoms with van der Waals surface area (Å²) >= 11 is 1.76. The molecular weight excluding hydrogens is 254 g/mol. The minimum Gasteiger partial charge on any atom is -0.370 e. The standard InChI is InChI=1S/C15H21N3S/c1-15(2,3)9-12-8-14-16-6-4-13(18(14)17-12)11-5-7-19-10-11/h5,7-8,10,13,16H,4,6,9H2,1-3H3. The third-order valence-corrected chi connectivity index (χ3v) is 4.15. The van der Waals surface area contributed by atoms with E-state index in [1.807, 2.05) is 0 Å². The number of nitrogens with zero attached hydrogens (tertiary/aromatic N) is 2. The maximum absolute atomic E-state index is 4.83. The first-order chi connectivity index (χ1) is 9.03. The van der Waals surface area contributed by atoms with Gasteiger partial charge in [0.25, 0.3) is 0 Å². The van der Waals surface area contributed by atoms with Crippen LogP contribution in [0.5, 0.6) is 0 Å². The first-order valence-electron chi connectivity index (χ1n) is 6.87. The van der Waals surface area contributed by atoms with E-state index in [1.54, 1.807) is 11.3 Å². The van der Waals surface area contributed by atoms with Crippen LogP contribution in [0.3, 0.4) is 0 Å². The monoisotopic (exact) mass is 275 g/mol. The summed E-state index contributed by atoms with van der Waals surface area (Å²) in [6, 6.07) is 4.83. The molecule has 2 aromatic rings. The topological polar surface area (TPSA) is 29.9 Å². The van der Waals surface area contributed by atoms with Crippen LogP contribution in [0, 0.1) is 5.41 Å². The van der Waals surface area contributed by atoms with E-state index in [2.05, 4.69) is 53.7 Å². The molecule has 0 aromatic carbocycles. The zero-order valence-corrected chi connectivity index (χ0v) is 12.6. The van der Waals surface area contributed by atoms with Gasteiger partial charge in [-0.3, -0.25) is 0 Å². The van der Waals surface area contributed by atoms with Gasteiger partial charge in [0, 0.05) is 12.6 Å². The number of fused-ring (bicyclic) bond motifs is 1. The second kappa shape index (κ2) is 4.67. The van der Waals surface area contributed by atoms with E-state index in [1.165, 1.54) is 17.1 Å². The minimum absolute atomic E-state index is 0.280. The van der Waals surface area contributed by atoms with Crippen molar-refractivity contribution in [3.05, 3.63) is 34.2 Å². The Labute approximate surface area is 118 Å². The molecular formula is C15H21N3S. The van der Waals surface area contributed by atoms with Crippen LogP contribution < -0.4 is 5.32 Å². The SMILES string of the molecule is CC(C)(C)Cc1cc2n(n1)C(c1ccsc1)CCN2. The van der Waals surface area contributed by atoms with Gasteiger partial charge in [-0.25, -0.2) is 4.68 Å². The Morgan fingerprint density at radius 3 is 3.00 bits per heavy atom.